The Kier molecular flexibility index (Phi) is 1.65. The first kappa shape index (κ1) is 7.98. The number of H-pyrrole nitrogens is 1. The van der Waals surface area contributed by atoms with Crippen molar-refractivity contribution in [3.8, 4) is 0 Å². The van der Waals surface area contributed by atoms with Crippen molar-refractivity contribution in [1.82, 2.24) is 9.97 Å². The Labute approximate surface area is 75.4 Å². The van der Waals surface area contributed by atoms with Crippen molar-refractivity contribution in [3.05, 3.63) is 39.8 Å². The van der Waals surface area contributed by atoms with Gasteiger partial charge in [-0.15, -0.1) is 0 Å². The molecule has 2 aromatic rings. The Morgan fingerprint density at radius 1 is 1.38 bits per heavy atom. The Hall–Kier alpha value is -1.64. The summed E-state index contributed by atoms with van der Waals surface area (Å²) >= 11 is 0. The van der Waals surface area contributed by atoms with Crippen LogP contribution in [0.15, 0.2) is 23.1 Å². The van der Waals surface area contributed by atoms with Crippen LogP contribution in [0.1, 0.15) is 11.3 Å². The fourth-order valence-corrected chi connectivity index (χ4v) is 1.33. The van der Waals surface area contributed by atoms with E-state index in [1.165, 1.54) is 0 Å². The number of fused-ring (bicyclic) bond motifs is 1. The van der Waals surface area contributed by atoms with Crippen LogP contribution >= 0.6 is 0 Å². The average molecular weight is 174 g/mol. The molecule has 2 aromatic heterocycles. The topological polar surface area (TPSA) is 45.8 Å². The third-order valence-electron chi connectivity index (χ3n) is 2.26. The lowest BCUT2D eigenvalue weighted by molar-refractivity contribution is 1.14. The quantitative estimate of drug-likeness (QED) is 0.658. The molecular formula is C10H10N2O. The minimum absolute atomic E-state index is 0.0688. The Morgan fingerprint density at radius 3 is 2.92 bits per heavy atom. The highest BCUT2D eigenvalue weighted by atomic mass is 16.1. The number of nitrogens with zero attached hydrogens (tertiary/aromatic N) is 1. The van der Waals surface area contributed by atoms with Crippen LogP contribution in [0, 0.1) is 13.8 Å². The van der Waals surface area contributed by atoms with E-state index in [2.05, 4.69) is 9.97 Å². The number of rotatable bonds is 0. The smallest absolute Gasteiger partial charge is 0.194 e. The van der Waals surface area contributed by atoms with Crippen molar-refractivity contribution in [3.63, 3.8) is 0 Å². The zero-order chi connectivity index (χ0) is 9.42. The van der Waals surface area contributed by atoms with Crippen LogP contribution < -0.4 is 5.43 Å². The van der Waals surface area contributed by atoms with E-state index in [1.807, 2.05) is 13.8 Å². The van der Waals surface area contributed by atoms with Gasteiger partial charge in [-0.3, -0.25) is 4.79 Å². The molecule has 2 rings (SSSR count). The molecule has 0 aliphatic carbocycles. The van der Waals surface area contributed by atoms with Crippen LogP contribution in [0.25, 0.3) is 11.0 Å². The summed E-state index contributed by atoms with van der Waals surface area (Å²) in [5.41, 5.74) is 2.38. The van der Waals surface area contributed by atoms with Gasteiger partial charge in [0.2, 0.25) is 0 Å². The molecule has 2 heterocycles. The number of aryl methyl sites for hydroxylation is 1. The fourth-order valence-electron chi connectivity index (χ4n) is 1.33. The molecule has 0 amide bonds. The van der Waals surface area contributed by atoms with Crippen LogP contribution in [0.5, 0.6) is 0 Å². The second kappa shape index (κ2) is 2.69. The lowest BCUT2D eigenvalue weighted by Crippen LogP contribution is -2.09. The minimum Gasteiger partial charge on any atom is -0.343 e. The zero-order valence-electron chi connectivity index (χ0n) is 7.59. The van der Waals surface area contributed by atoms with Crippen molar-refractivity contribution >= 4 is 11.0 Å². The summed E-state index contributed by atoms with van der Waals surface area (Å²) in [4.78, 5) is 18.9. The molecule has 3 nitrogen and oxygen atoms in total. The maximum Gasteiger partial charge on any atom is 0.194 e. The van der Waals surface area contributed by atoms with Crippen LogP contribution in [0.3, 0.4) is 0 Å². The molecule has 0 radical (unpaired) electrons. The molecule has 0 spiro atoms. The molecule has 13 heavy (non-hydrogen) atoms. The maximum atomic E-state index is 11.7. The molecule has 0 saturated carbocycles. The summed E-state index contributed by atoms with van der Waals surface area (Å²) in [5, 5.41) is 0.658. The van der Waals surface area contributed by atoms with Gasteiger partial charge in [0.25, 0.3) is 0 Å². The number of hydrogen-bond donors (Lipinski definition) is 1. The van der Waals surface area contributed by atoms with E-state index in [0.717, 1.165) is 11.3 Å². The second-order valence-electron chi connectivity index (χ2n) is 3.10. The van der Waals surface area contributed by atoms with Gasteiger partial charge >= 0.3 is 0 Å². The van der Waals surface area contributed by atoms with E-state index in [-0.39, 0.29) is 5.43 Å². The first-order valence-electron chi connectivity index (χ1n) is 4.14. The van der Waals surface area contributed by atoms with Crippen molar-refractivity contribution in [2.24, 2.45) is 0 Å². The molecule has 66 valence electrons. The van der Waals surface area contributed by atoms with Crippen molar-refractivity contribution in [1.29, 1.82) is 0 Å². The molecule has 0 fully saturated rings. The van der Waals surface area contributed by atoms with E-state index in [9.17, 15) is 4.79 Å². The summed E-state index contributed by atoms with van der Waals surface area (Å²) in [6, 6.07) is 3.56. The predicted molar refractivity (Wildman–Crippen MR) is 51.8 cm³/mol. The minimum atomic E-state index is 0.0688. The predicted octanol–water partition coefficient (Wildman–Crippen LogP) is 1.54. The van der Waals surface area contributed by atoms with Crippen molar-refractivity contribution in [2.45, 2.75) is 13.8 Å². The number of nitrogens with one attached hydrogen (secondary N) is 1. The third kappa shape index (κ3) is 1.13. The standard InChI is InChI=1S/C10H10N2O/c1-6-7(2)12-10-8(9(6)13)4-3-5-11-10/h3-5H,1-2H3,(H,11,12,13). The van der Waals surface area contributed by atoms with Gasteiger partial charge in [-0.25, -0.2) is 4.98 Å². The van der Waals surface area contributed by atoms with Crippen LogP contribution in [0.4, 0.5) is 0 Å². The zero-order valence-corrected chi connectivity index (χ0v) is 7.59. The van der Waals surface area contributed by atoms with Gasteiger partial charge in [0, 0.05) is 17.5 Å². The fraction of sp³-hybridized carbons (Fsp3) is 0.200. The van der Waals surface area contributed by atoms with Gasteiger partial charge in [0.15, 0.2) is 5.43 Å². The number of aromatic nitrogens is 2. The molecule has 0 bridgehead atoms. The number of hydrogen-bond acceptors (Lipinski definition) is 2. The summed E-state index contributed by atoms with van der Waals surface area (Å²) in [5.74, 6) is 0. The lowest BCUT2D eigenvalue weighted by Gasteiger charge is -2.01. The molecule has 0 saturated heterocycles. The number of pyridine rings is 2. The summed E-state index contributed by atoms with van der Waals surface area (Å²) < 4.78 is 0. The van der Waals surface area contributed by atoms with Gasteiger partial charge < -0.3 is 4.98 Å². The van der Waals surface area contributed by atoms with E-state index in [1.54, 1.807) is 18.3 Å². The second-order valence-corrected chi connectivity index (χ2v) is 3.10. The van der Waals surface area contributed by atoms with Crippen molar-refractivity contribution in [2.75, 3.05) is 0 Å². The van der Waals surface area contributed by atoms with E-state index < -0.39 is 0 Å². The van der Waals surface area contributed by atoms with Crippen LogP contribution in [-0.2, 0) is 0 Å². The largest absolute Gasteiger partial charge is 0.343 e. The van der Waals surface area contributed by atoms with Crippen LogP contribution in [-0.4, -0.2) is 9.97 Å². The SMILES string of the molecule is Cc1[nH]c2ncccc2c(=O)c1C. The lowest BCUT2D eigenvalue weighted by atomic mass is 10.1. The molecule has 0 aromatic carbocycles. The maximum absolute atomic E-state index is 11.7. The van der Waals surface area contributed by atoms with Crippen LogP contribution in [0.2, 0.25) is 0 Å². The molecule has 1 N–H and O–H groups in total. The van der Waals surface area contributed by atoms with Gasteiger partial charge in [-0.1, -0.05) is 0 Å². The normalized spacial score (nSPS) is 10.6. The highest BCUT2D eigenvalue weighted by Gasteiger charge is 2.04. The van der Waals surface area contributed by atoms with Gasteiger partial charge in [0.05, 0.1) is 5.39 Å². The Bertz CT molecular complexity index is 514. The highest BCUT2D eigenvalue weighted by molar-refractivity contribution is 5.75. The summed E-state index contributed by atoms with van der Waals surface area (Å²) in [7, 11) is 0. The first-order chi connectivity index (χ1) is 6.20. The summed E-state index contributed by atoms with van der Waals surface area (Å²) in [6.45, 7) is 3.70. The summed E-state index contributed by atoms with van der Waals surface area (Å²) in [6.07, 6.45) is 1.67. The molecule has 0 atom stereocenters. The molecule has 0 aliphatic heterocycles. The third-order valence-corrected chi connectivity index (χ3v) is 2.26. The first-order valence-corrected chi connectivity index (χ1v) is 4.14. The molecule has 0 aliphatic rings. The monoisotopic (exact) mass is 174 g/mol. The molecule has 3 heteroatoms. The van der Waals surface area contributed by atoms with E-state index in [0.29, 0.717) is 11.0 Å². The Balaban J connectivity index is 3.03. The van der Waals surface area contributed by atoms with Gasteiger partial charge in [-0.05, 0) is 26.0 Å². The Morgan fingerprint density at radius 2 is 2.15 bits per heavy atom. The van der Waals surface area contributed by atoms with Crippen molar-refractivity contribution < 1.29 is 0 Å². The molecular weight excluding hydrogens is 164 g/mol. The van der Waals surface area contributed by atoms with Gasteiger partial charge in [-0.2, -0.15) is 0 Å². The average Bonchev–Trinajstić information content (AvgIpc) is 2.15. The van der Waals surface area contributed by atoms with E-state index >= 15 is 0 Å². The van der Waals surface area contributed by atoms with Gasteiger partial charge in [0.1, 0.15) is 5.65 Å². The highest BCUT2D eigenvalue weighted by Crippen LogP contribution is 2.06. The molecule has 0 unspecified atom stereocenters. The van der Waals surface area contributed by atoms with E-state index in [4.69, 9.17) is 0 Å². The number of aromatic amines is 1.